The predicted molar refractivity (Wildman–Crippen MR) is 98.8 cm³/mol. The summed E-state index contributed by atoms with van der Waals surface area (Å²) in [6, 6.07) is 1.95. The van der Waals surface area contributed by atoms with Crippen LogP contribution < -0.4 is 0 Å². The molecule has 0 unspecified atom stereocenters. The van der Waals surface area contributed by atoms with Crippen molar-refractivity contribution in [1.82, 2.24) is 29.6 Å². The lowest BCUT2D eigenvalue weighted by Crippen LogP contribution is -2.34. The van der Waals surface area contributed by atoms with E-state index in [9.17, 15) is 0 Å². The van der Waals surface area contributed by atoms with E-state index in [0.717, 1.165) is 72.3 Å². The Bertz CT molecular complexity index is 859. The van der Waals surface area contributed by atoms with Gasteiger partial charge in [-0.05, 0) is 37.8 Å². The van der Waals surface area contributed by atoms with Crippen LogP contribution in [0.15, 0.2) is 23.0 Å². The highest BCUT2D eigenvalue weighted by molar-refractivity contribution is 7.09. The Kier molecular flexibility index (Phi) is 5.03. The third-order valence-corrected chi connectivity index (χ3v) is 5.49. The first-order chi connectivity index (χ1) is 12.7. The number of likely N-dealkylation sites (tertiary alicyclic amines) is 1. The lowest BCUT2D eigenvalue weighted by Gasteiger charge is -2.31. The molecular formula is C18H22N6OS. The van der Waals surface area contributed by atoms with E-state index in [1.165, 1.54) is 11.5 Å². The molecule has 4 rings (SSSR count). The molecule has 1 aliphatic rings. The fourth-order valence-electron chi connectivity index (χ4n) is 3.43. The van der Waals surface area contributed by atoms with Crippen molar-refractivity contribution in [1.29, 1.82) is 0 Å². The van der Waals surface area contributed by atoms with Gasteiger partial charge in [-0.3, -0.25) is 4.90 Å². The second-order valence-electron chi connectivity index (χ2n) is 6.76. The summed E-state index contributed by atoms with van der Waals surface area (Å²) in [5.74, 6) is 2.03. The van der Waals surface area contributed by atoms with Crippen LogP contribution in [-0.2, 0) is 13.0 Å². The zero-order chi connectivity index (χ0) is 17.9. The Morgan fingerprint density at radius 1 is 1.31 bits per heavy atom. The summed E-state index contributed by atoms with van der Waals surface area (Å²) in [6.07, 6.45) is 7.02. The molecule has 0 spiro atoms. The topological polar surface area (TPSA) is 80.8 Å². The van der Waals surface area contributed by atoms with Crippen LogP contribution in [-0.4, -0.2) is 42.7 Å². The fraction of sp³-hybridized carbons (Fsp3) is 0.500. The van der Waals surface area contributed by atoms with Gasteiger partial charge in [0.05, 0.1) is 11.4 Å². The Morgan fingerprint density at radius 3 is 2.88 bits per heavy atom. The Labute approximate surface area is 156 Å². The quantitative estimate of drug-likeness (QED) is 0.682. The van der Waals surface area contributed by atoms with Gasteiger partial charge in [-0.25, -0.2) is 9.97 Å². The van der Waals surface area contributed by atoms with Crippen LogP contribution in [0.5, 0.6) is 0 Å². The minimum absolute atomic E-state index is 0.360. The second-order valence-corrected chi connectivity index (χ2v) is 7.51. The number of aromatic nitrogens is 5. The van der Waals surface area contributed by atoms with Crippen molar-refractivity contribution in [3.05, 3.63) is 41.2 Å². The van der Waals surface area contributed by atoms with Crippen LogP contribution in [0.1, 0.15) is 48.5 Å². The summed E-state index contributed by atoms with van der Waals surface area (Å²) in [5.41, 5.74) is 3.07. The van der Waals surface area contributed by atoms with E-state index in [4.69, 9.17) is 4.52 Å². The highest BCUT2D eigenvalue weighted by Crippen LogP contribution is 2.35. The van der Waals surface area contributed by atoms with Gasteiger partial charge >= 0.3 is 0 Å². The van der Waals surface area contributed by atoms with Crippen molar-refractivity contribution in [3.8, 4) is 10.6 Å². The van der Waals surface area contributed by atoms with Crippen molar-refractivity contribution in [3.63, 3.8) is 0 Å². The number of hydrogen-bond donors (Lipinski definition) is 0. The molecule has 1 atom stereocenters. The van der Waals surface area contributed by atoms with E-state index in [1.807, 2.05) is 25.4 Å². The number of nitrogens with zero attached hydrogens (tertiary/aromatic N) is 6. The van der Waals surface area contributed by atoms with Gasteiger partial charge < -0.3 is 4.52 Å². The van der Waals surface area contributed by atoms with Gasteiger partial charge in [-0.2, -0.15) is 0 Å². The lowest BCUT2D eigenvalue weighted by atomic mass is 9.93. The second kappa shape index (κ2) is 7.59. The molecule has 0 aromatic carbocycles. The summed E-state index contributed by atoms with van der Waals surface area (Å²) >= 11 is 1.39. The highest BCUT2D eigenvalue weighted by Gasteiger charge is 2.27. The Hall–Kier alpha value is -2.19. The molecule has 1 fully saturated rings. The first-order valence-corrected chi connectivity index (χ1v) is 9.78. The molecule has 3 aromatic rings. The zero-order valence-corrected chi connectivity index (χ0v) is 15.9. The molecule has 26 heavy (non-hydrogen) atoms. The van der Waals surface area contributed by atoms with Crippen LogP contribution >= 0.6 is 11.5 Å². The number of aryl methyl sites for hydroxylation is 2. The molecule has 136 valence electrons. The molecule has 7 nitrogen and oxygen atoms in total. The van der Waals surface area contributed by atoms with E-state index in [2.05, 4.69) is 36.5 Å². The standard InChI is InChI=1S/C18H22N6OS/c1-3-16-19-8-13(9-20-16)10-24-6-4-5-14(11-24)17-18(26-23-21-17)15-7-12(2)22-25-15/h7-9,14H,3-6,10-11H2,1-2H3/t14-/m0/s1. The monoisotopic (exact) mass is 370 g/mol. The maximum absolute atomic E-state index is 5.43. The van der Waals surface area contributed by atoms with Crippen LogP contribution in [0.2, 0.25) is 0 Å². The lowest BCUT2D eigenvalue weighted by molar-refractivity contribution is 0.198. The molecule has 1 aliphatic heterocycles. The molecule has 0 N–H and O–H groups in total. The average molecular weight is 370 g/mol. The van der Waals surface area contributed by atoms with Crippen molar-refractivity contribution >= 4 is 11.5 Å². The number of rotatable bonds is 5. The molecule has 0 bridgehead atoms. The summed E-state index contributed by atoms with van der Waals surface area (Å²) in [7, 11) is 0. The molecule has 0 aliphatic carbocycles. The van der Waals surface area contributed by atoms with Gasteiger partial charge in [-0.15, -0.1) is 5.10 Å². The maximum Gasteiger partial charge on any atom is 0.180 e. The van der Waals surface area contributed by atoms with Gasteiger partial charge in [0.2, 0.25) is 0 Å². The molecule has 0 amide bonds. The summed E-state index contributed by atoms with van der Waals surface area (Å²) in [6.45, 7) is 6.91. The van der Waals surface area contributed by atoms with Crippen molar-refractivity contribution in [2.75, 3.05) is 13.1 Å². The third-order valence-electron chi connectivity index (χ3n) is 4.74. The van der Waals surface area contributed by atoms with Crippen LogP contribution in [0.4, 0.5) is 0 Å². The maximum atomic E-state index is 5.43. The Morgan fingerprint density at radius 2 is 2.15 bits per heavy atom. The van der Waals surface area contributed by atoms with E-state index < -0.39 is 0 Å². The van der Waals surface area contributed by atoms with E-state index in [0.29, 0.717) is 5.92 Å². The first kappa shape index (κ1) is 17.2. The number of piperidine rings is 1. The molecule has 4 heterocycles. The van der Waals surface area contributed by atoms with E-state index in [-0.39, 0.29) is 0 Å². The van der Waals surface area contributed by atoms with Gasteiger partial charge in [0.15, 0.2) is 5.76 Å². The third kappa shape index (κ3) is 3.66. The van der Waals surface area contributed by atoms with E-state index in [1.54, 1.807) is 0 Å². The van der Waals surface area contributed by atoms with Gasteiger partial charge in [0.1, 0.15) is 10.7 Å². The first-order valence-electron chi connectivity index (χ1n) is 9.01. The van der Waals surface area contributed by atoms with Crippen molar-refractivity contribution < 1.29 is 4.52 Å². The zero-order valence-electron chi connectivity index (χ0n) is 15.1. The van der Waals surface area contributed by atoms with Crippen molar-refractivity contribution in [2.45, 2.75) is 45.6 Å². The molecule has 3 aromatic heterocycles. The average Bonchev–Trinajstić information content (AvgIpc) is 3.31. The summed E-state index contributed by atoms with van der Waals surface area (Å²) < 4.78 is 9.61. The molecule has 1 saturated heterocycles. The predicted octanol–water partition coefficient (Wildman–Crippen LogP) is 3.23. The summed E-state index contributed by atoms with van der Waals surface area (Å²) in [4.78, 5) is 12.3. The minimum Gasteiger partial charge on any atom is -0.355 e. The molecule has 0 radical (unpaired) electrons. The molecule has 8 heteroatoms. The van der Waals surface area contributed by atoms with Gasteiger partial charge in [-0.1, -0.05) is 16.6 Å². The Balaban J connectivity index is 1.48. The van der Waals surface area contributed by atoms with Crippen LogP contribution in [0.3, 0.4) is 0 Å². The minimum atomic E-state index is 0.360. The normalized spacial score (nSPS) is 18.3. The SMILES string of the molecule is CCc1ncc(CN2CCC[C@H](c3nnsc3-c3cc(C)no3)C2)cn1. The molecular weight excluding hydrogens is 348 g/mol. The van der Waals surface area contributed by atoms with E-state index >= 15 is 0 Å². The summed E-state index contributed by atoms with van der Waals surface area (Å²) in [5, 5.41) is 8.41. The number of hydrogen-bond acceptors (Lipinski definition) is 8. The highest BCUT2D eigenvalue weighted by atomic mass is 32.1. The van der Waals surface area contributed by atoms with Crippen molar-refractivity contribution in [2.24, 2.45) is 0 Å². The van der Waals surface area contributed by atoms with Gasteiger partial charge in [0.25, 0.3) is 0 Å². The van der Waals surface area contributed by atoms with Gasteiger partial charge in [0, 0.05) is 49.5 Å². The largest absolute Gasteiger partial charge is 0.355 e. The van der Waals surface area contributed by atoms with Crippen LogP contribution in [0.25, 0.3) is 10.6 Å². The smallest absolute Gasteiger partial charge is 0.180 e. The fourth-order valence-corrected chi connectivity index (χ4v) is 4.13. The van der Waals surface area contributed by atoms with Crippen LogP contribution in [0, 0.1) is 6.92 Å². The molecule has 0 saturated carbocycles.